The minimum atomic E-state index is -0.717. The molecule has 0 radical (unpaired) electrons. The van der Waals surface area contributed by atoms with E-state index in [0.29, 0.717) is 27.0 Å². The maximum Gasteiger partial charge on any atom is 0.265 e. The number of anilines is 1. The topological polar surface area (TPSA) is 62.1 Å². The standard InChI is InChI=1S/C16H12Cl2N2O2/c1-10(22-15-4-2-11(9-19)3-5-15)16(21)20-14-7-12(17)6-13(18)8-14/h2-8,10H,1H3,(H,20,21). The van der Waals surface area contributed by atoms with Crippen molar-refractivity contribution in [3.05, 3.63) is 58.1 Å². The van der Waals surface area contributed by atoms with Gasteiger partial charge in [0, 0.05) is 15.7 Å². The fourth-order valence-corrected chi connectivity index (χ4v) is 2.26. The maximum atomic E-state index is 12.1. The molecule has 2 aromatic rings. The van der Waals surface area contributed by atoms with Gasteiger partial charge in [0.05, 0.1) is 11.6 Å². The van der Waals surface area contributed by atoms with E-state index < -0.39 is 6.10 Å². The highest BCUT2D eigenvalue weighted by Crippen LogP contribution is 2.23. The lowest BCUT2D eigenvalue weighted by molar-refractivity contribution is -0.122. The van der Waals surface area contributed by atoms with E-state index in [1.54, 1.807) is 49.4 Å². The van der Waals surface area contributed by atoms with Crippen molar-refractivity contribution in [2.45, 2.75) is 13.0 Å². The highest BCUT2D eigenvalue weighted by Gasteiger charge is 2.15. The van der Waals surface area contributed by atoms with Crippen molar-refractivity contribution in [1.82, 2.24) is 0 Å². The number of rotatable bonds is 4. The second-order valence-electron chi connectivity index (χ2n) is 4.54. The van der Waals surface area contributed by atoms with Crippen LogP contribution in [0.4, 0.5) is 5.69 Å². The zero-order valence-electron chi connectivity index (χ0n) is 11.6. The Bertz CT molecular complexity index is 704. The van der Waals surface area contributed by atoms with E-state index in [2.05, 4.69) is 5.32 Å². The Morgan fingerprint density at radius 2 is 1.77 bits per heavy atom. The lowest BCUT2D eigenvalue weighted by Gasteiger charge is -2.15. The highest BCUT2D eigenvalue weighted by atomic mass is 35.5. The lowest BCUT2D eigenvalue weighted by atomic mass is 10.2. The van der Waals surface area contributed by atoms with Crippen LogP contribution in [0.15, 0.2) is 42.5 Å². The molecule has 6 heteroatoms. The summed E-state index contributed by atoms with van der Waals surface area (Å²) in [5.41, 5.74) is 1.02. The van der Waals surface area contributed by atoms with Gasteiger partial charge < -0.3 is 10.1 Å². The lowest BCUT2D eigenvalue weighted by Crippen LogP contribution is -2.30. The van der Waals surface area contributed by atoms with Gasteiger partial charge in [-0.05, 0) is 49.4 Å². The fraction of sp³-hybridized carbons (Fsp3) is 0.125. The van der Waals surface area contributed by atoms with E-state index in [1.165, 1.54) is 0 Å². The van der Waals surface area contributed by atoms with Gasteiger partial charge in [-0.2, -0.15) is 5.26 Å². The molecule has 0 bridgehead atoms. The summed E-state index contributed by atoms with van der Waals surface area (Å²) in [5, 5.41) is 12.3. The first-order valence-corrected chi connectivity index (χ1v) is 7.17. The van der Waals surface area contributed by atoms with Crippen molar-refractivity contribution in [2.24, 2.45) is 0 Å². The second kappa shape index (κ2) is 7.17. The van der Waals surface area contributed by atoms with Crippen molar-refractivity contribution in [3.8, 4) is 11.8 Å². The average molecular weight is 335 g/mol. The molecule has 0 saturated carbocycles. The Morgan fingerprint density at radius 3 is 2.32 bits per heavy atom. The molecule has 0 aliphatic heterocycles. The normalized spacial score (nSPS) is 11.4. The first kappa shape index (κ1) is 16.2. The second-order valence-corrected chi connectivity index (χ2v) is 5.42. The fourth-order valence-electron chi connectivity index (χ4n) is 1.74. The molecule has 1 atom stereocenters. The SMILES string of the molecule is CC(Oc1ccc(C#N)cc1)C(=O)Nc1cc(Cl)cc(Cl)c1. The van der Waals surface area contributed by atoms with Crippen LogP contribution < -0.4 is 10.1 Å². The molecule has 1 unspecified atom stereocenters. The van der Waals surface area contributed by atoms with E-state index in [4.69, 9.17) is 33.2 Å². The van der Waals surface area contributed by atoms with Crippen LogP contribution in [0.2, 0.25) is 10.0 Å². The molecular formula is C16H12Cl2N2O2. The molecule has 22 heavy (non-hydrogen) atoms. The van der Waals surface area contributed by atoms with Crippen LogP contribution in [0.1, 0.15) is 12.5 Å². The summed E-state index contributed by atoms with van der Waals surface area (Å²) in [6.45, 7) is 1.62. The number of hydrogen-bond donors (Lipinski definition) is 1. The molecule has 1 N–H and O–H groups in total. The van der Waals surface area contributed by atoms with Gasteiger partial charge in [-0.3, -0.25) is 4.79 Å². The number of halogens is 2. The third-order valence-electron chi connectivity index (χ3n) is 2.80. The summed E-state index contributed by atoms with van der Waals surface area (Å²) in [6, 6.07) is 13.3. The van der Waals surface area contributed by atoms with Crippen molar-refractivity contribution in [3.63, 3.8) is 0 Å². The zero-order valence-corrected chi connectivity index (χ0v) is 13.2. The molecule has 0 fully saturated rings. The maximum absolute atomic E-state index is 12.1. The number of nitriles is 1. The Balaban J connectivity index is 2.00. The van der Waals surface area contributed by atoms with Crippen LogP contribution in [0.5, 0.6) is 5.75 Å². The predicted octanol–water partition coefficient (Wildman–Crippen LogP) is 4.27. The van der Waals surface area contributed by atoms with E-state index in [-0.39, 0.29) is 5.91 Å². The van der Waals surface area contributed by atoms with E-state index in [0.717, 1.165) is 0 Å². The molecule has 0 aromatic heterocycles. The molecule has 1 amide bonds. The molecule has 4 nitrogen and oxygen atoms in total. The van der Waals surface area contributed by atoms with Gasteiger partial charge >= 0.3 is 0 Å². The molecule has 2 rings (SSSR count). The molecule has 0 saturated heterocycles. The van der Waals surface area contributed by atoms with E-state index in [1.807, 2.05) is 6.07 Å². The molecule has 2 aromatic carbocycles. The van der Waals surface area contributed by atoms with Crippen molar-refractivity contribution < 1.29 is 9.53 Å². The number of hydrogen-bond acceptors (Lipinski definition) is 3. The number of amides is 1. The third kappa shape index (κ3) is 4.39. The van der Waals surface area contributed by atoms with Gasteiger partial charge in [-0.15, -0.1) is 0 Å². The Kier molecular flexibility index (Phi) is 5.26. The summed E-state index contributed by atoms with van der Waals surface area (Å²) in [6.07, 6.45) is -0.717. The van der Waals surface area contributed by atoms with Gasteiger partial charge in [0.25, 0.3) is 5.91 Å². The quantitative estimate of drug-likeness (QED) is 0.907. The van der Waals surface area contributed by atoms with Crippen LogP contribution in [0.3, 0.4) is 0 Å². The summed E-state index contributed by atoms with van der Waals surface area (Å²) in [7, 11) is 0. The summed E-state index contributed by atoms with van der Waals surface area (Å²) in [4.78, 5) is 12.1. The Labute approximate surface area is 138 Å². The molecule has 0 aliphatic rings. The summed E-state index contributed by atoms with van der Waals surface area (Å²) >= 11 is 11.8. The molecular weight excluding hydrogens is 323 g/mol. The van der Waals surface area contributed by atoms with E-state index in [9.17, 15) is 4.79 Å². The van der Waals surface area contributed by atoms with Gasteiger partial charge in [-0.25, -0.2) is 0 Å². The Hall–Kier alpha value is -2.22. The molecule has 0 spiro atoms. The van der Waals surface area contributed by atoms with Gasteiger partial charge in [0.1, 0.15) is 5.75 Å². The minimum Gasteiger partial charge on any atom is -0.481 e. The van der Waals surface area contributed by atoms with Crippen molar-refractivity contribution in [2.75, 3.05) is 5.32 Å². The number of carbonyl (C=O) groups excluding carboxylic acids is 1. The number of ether oxygens (including phenoxy) is 1. The van der Waals surface area contributed by atoms with Crippen LogP contribution in [-0.4, -0.2) is 12.0 Å². The summed E-state index contributed by atoms with van der Waals surface area (Å²) < 4.78 is 5.52. The number of benzene rings is 2. The molecule has 0 aliphatic carbocycles. The zero-order chi connectivity index (χ0) is 16.1. The first-order chi connectivity index (χ1) is 10.5. The number of nitrogens with zero attached hydrogens (tertiary/aromatic N) is 1. The van der Waals surface area contributed by atoms with Crippen LogP contribution >= 0.6 is 23.2 Å². The van der Waals surface area contributed by atoms with Gasteiger partial charge in [0.15, 0.2) is 6.10 Å². The molecule has 0 heterocycles. The van der Waals surface area contributed by atoms with Gasteiger partial charge in [-0.1, -0.05) is 23.2 Å². The average Bonchev–Trinajstić information content (AvgIpc) is 2.46. The monoisotopic (exact) mass is 334 g/mol. The van der Waals surface area contributed by atoms with Crippen molar-refractivity contribution in [1.29, 1.82) is 5.26 Å². The van der Waals surface area contributed by atoms with Crippen LogP contribution in [0, 0.1) is 11.3 Å². The van der Waals surface area contributed by atoms with Crippen LogP contribution in [0.25, 0.3) is 0 Å². The largest absolute Gasteiger partial charge is 0.481 e. The van der Waals surface area contributed by atoms with Gasteiger partial charge in [0.2, 0.25) is 0 Å². The third-order valence-corrected chi connectivity index (χ3v) is 3.23. The van der Waals surface area contributed by atoms with Crippen molar-refractivity contribution >= 4 is 34.8 Å². The number of nitrogens with one attached hydrogen (secondary N) is 1. The highest BCUT2D eigenvalue weighted by molar-refractivity contribution is 6.35. The predicted molar refractivity (Wildman–Crippen MR) is 86.3 cm³/mol. The Morgan fingerprint density at radius 1 is 1.18 bits per heavy atom. The van der Waals surface area contributed by atoms with Crippen LogP contribution in [-0.2, 0) is 4.79 Å². The van der Waals surface area contributed by atoms with E-state index >= 15 is 0 Å². The molecule has 112 valence electrons. The number of carbonyl (C=O) groups is 1. The smallest absolute Gasteiger partial charge is 0.265 e. The summed E-state index contributed by atoms with van der Waals surface area (Å²) in [5.74, 6) is 0.175. The first-order valence-electron chi connectivity index (χ1n) is 6.41. The minimum absolute atomic E-state index is 0.331.